The maximum atomic E-state index is 5.21. The van der Waals surface area contributed by atoms with E-state index in [1.807, 2.05) is 0 Å². The molecule has 9 heavy (non-hydrogen) atoms. The second-order valence-electron chi connectivity index (χ2n) is 1.16. The molecule has 0 aliphatic rings. The number of nitrogens with zero attached hydrogens (tertiary/aromatic N) is 2. The fourth-order valence-corrected chi connectivity index (χ4v) is 1.69. The summed E-state index contributed by atoms with van der Waals surface area (Å²) < 4.78 is 0. The number of hydrogen-bond donors (Lipinski definition) is 3. The van der Waals surface area contributed by atoms with Gasteiger partial charge in [-0.2, -0.15) is 4.98 Å². The van der Waals surface area contributed by atoms with Crippen LogP contribution in [0.1, 0.15) is 0 Å². The van der Waals surface area contributed by atoms with Crippen molar-refractivity contribution in [1.29, 1.82) is 0 Å². The Hall–Kier alpha value is -0.0100. The fraction of sp³-hybridized carbons (Fsp3) is 0. The van der Waals surface area contributed by atoms with Crippen LogP contribution in [0.5, 0.6) is 0 Å². The molecular weight excluding hydrogens is 176 g/mol. The van der Waals surface area contributed by atoms with Crippen LogP contribution in [0.15, 0.2) is 5.16 Å². The first kappa shape index (κ1) is 7.10. The molecule has 3 N–H and O–H groups in total. The van der Waals surface area contributed by atoms with E-state index < -0.39 is 0 Å². The Balaban J connectivity index is 2.61. The van der Waals surface area contributed by atoms with E-state index in [1.165, 1.54) is 20.6 Å². The monoisotopic (exact) mass is 180 g/mol. The molecule has 50 valence electrons. The Morgan fingerprint density at radius 2 is 2.44 bits per heavy atom. The number of rotatable bonds is 2. The molecule has 4 nitrogen and oxygen atoms in total. The van der Waals surface area contributed by atoms with Crippen LogP contribution in [0.4, 0.5) is 5.95 Å². The summed E-state index contributed by atoms with van der Waals surface area (Å²) in [7, 11) is 2.66. The van der Waals surface area contributed by atoms with E-state index in [0.29, 0.717) is 5.16 Å². The Morgan fingerprint density at radius 3 is 2.89 bits per heavy atom. The molecule has 0 aliphatic carbocycles. The first-order chi connectivity index (χ1) is 4.33. The summed E-state index contributed by atoms with van der Waals surface area (Å²) in [6.45, 7) is 0. The summed E-state index contributed by atoms with van der Waals surface area (Å²) in [6.07, 6.45) is 0. The van der Waals surface area contributed by atoms with Gasteiger partial charge in [0.25, 0.3) is 0 Å². The van der Waals surface area contributed by atoms with E-state index in [2.05, 4.69) is 26.8 Å². The van der Waals surface area contributed by atoms with Crippen LogP contribution in [-0.2, 0) is 0 Å². The Labute approximate surface area is 64.6 Å². The molecule has 0 radical (unpaired) electrons. The van der Waals surface area contributed by atoms with Gasteiger partial charge in [0.15, 0.2) is 5.16 Å². The van der Waals surface area contributed by atoms with Crippen molar-refractivity contribution in [3.8, 4) is 0 Å². The highest BCUT2D eigenvalue weighted by Crippen LogP contribution is 2.30. The van der Waals surface area contributed by atoms with Crippen molar-refractivity contribution < 1.29 is 0 Å². The van der Waals surface area contributed by atoms with Gasteiger partial charge in [-0.25, -0.2) is 0 Å². The summed E-state index contributed by atoms with van der Waals surface area (Å²) in [5.41, 5.74) is 5.21. The molecule has 7 heteroatoms. The topological polar surface area (TPSA) is 67.6 Å². The molecule has 0 aromatic carbocycles. The lowest BCUT2D eigenvalue weighted by atomic mass is 11.1. The molecule has 0 bridgehead atoms. The Kier molecular flexibility index (Phi) is 2.55. The standard InChI is InChI=1S/C2H4N4S3/c3-1-4-2(6-5-1)8-9-7/h7H,(H3,3,4,5,6). The molecule has 0 saturated heterocycles. The molecule has 0 aliphatic heterocycles. The van der Waals surface area contributed by atoms with Gasteiger partial charge < -0.3 is 5.73 Å². The lowest BCUT2D eigenvalue weighted by molar-refractivity contribution is 0.979. The van der Waals surface area contributed by atoms with Crippen molar-refractivity contribution in [2.45, 2.75) is 5.16 Å². The number of aromatic amines is 1. The molecule has 0 spiro atoms. The van der Waals surface area contributed by atoms with Crippen LogP contribution in [-0.4, -0.2) is 15.2 Å². The van der Waals surface area contributed by atoms with Gasteiger partial charge in [-0.3, -0.25) is 5.10 Å². The largest absolute Gasteiger partial charge is 0.366 e. The van der Waals surface area contributed by atoms with Crippen molar-refractivity contribution in [1.82, 2.24) is 15.2 Å². The molecule has 0 atom stereocenters. The summed E-state index contributed by atoms with van der Waals surface area (Å²) in [5, 5.41) is 6.90. The number of nitrogen functional groups attached to an aromatic ring is 1. The van der Waals surface area contributed by atoms with Crippen LogP contribution in [0.3, 0.4) is 0 Å². The highest BCUT2D eigenvalue weighted by molar-refractivity contribution is 9.05. The molecule has 0 unspecified atom stereocenters. The number of nitrogens with two attached hydrogens (primary N) is 1. The summed E-state index contributed by atoms with van der Waals surface area (Å²) in [6, 6.07) is 0. The third-order valence-corrected chi connectivity index (χ3v) is 2.38. The minimum atomic E-state index is 0.264. The van der Waals surface area contributed by atoms with Gasteiger partial charge >= 0.3 is 0 Å². The zero-order chi connectivity index (χ0) is 6.69. The Morgan fingerprint density at radius 1 is 1.67 bits per heavy atom. The predicted octanol–water partition coefficient (Wildman–Crippen LogP) is 0.972. The summed E-state index contributed by atoms with van der Waals surface area (Å²) >= 11 is 3.89. The van der Waals surface area contributed by atoms with Crippen molar-refractivity contribution in [3.05, 3.63) is 0 Å². The number of anilines is 1. The van der Waals surface area contributed by atoms with E-state index in [1.54, 1.807) is 0 Å². The molecule has 0 amide bonds. The van der Waals surface area contributed by atoms with Gasteiger partial charge in [-0.1, -0.05) is 11.7 Å². The van der Waals surface area contributed by atoms with Gasteiger partial charge in [0.1, 0.15) is 0 Å². The van der Waals surface area contributed by atoms with E-state index in [0.717, 1.165) is 0 Å². The Bertz CT molecular complexity index is 186. The number of thiol groups is 1. The van der Waals surface area contributed by atoms with E-state index >= 15 is 0 Å². The minimum Gasteiger partial charge on any atom is -0.366 e. The first-order valence-corrected chi connectivity index (χ1v) is 5.19. The van der Waals surface area contributed by atoms with Gasteiger partial charge in [-0.05, 0) is 20.6 Å². The van der Waals surface area contributed by atoms with Crippen molar-refractivity contribution in [3.63, 3.8) is 0 Å². The van der Waals surface area contributed by atoms with Crippen LogP contribution >= 0.6 is 32.3 Å². The summed E-state index contributed by atoms with van der Waals surface area (Å²) in [4.78, 5) is 3.80. The van der Waals surface area contributed by atoms with Crippen molar-refractivity contribution in [2.24, 2.45) is 0 Å². The maximum absolute atomic E-state index is 5.21. The average molecular weight is 180 g/mol. The zero-order valence-electron chi connectivity index (χ0n) is 4.24. The van der Waals surface area contributed by atoms with Crippen molar-refractivity contribution in [2.75, 3.05) is 5.73 Å². The molecule has 1 aromatic heterocycles. The minimum absolute atomic E-state index is 0.264. The molecule has 0 fully saturated rings. The number of H-pyrrole nitrogens is 1. The quantitative estimate of drug-likeness (QED) is 0.467. The molecule has 1 heterocycles. The number of aromatic nitrogens is 3. The summed E-state index contributed by atoms with van der Waals surface area (Å²) in [5.74, 6) is 0.264. The smallest absolute Gasteiger partial charge is 0.240 e. The molecule has 1 aromatic rings. The van der Waals surface area contributed by atoms with E-state index in [-0.39, 0.29) is 5.95 Å². The highest BCUT2D eigenvalue weighted by atomic mass is 33.5. The van der Waals surface area contributed by atoms with E-state index in [9.17, 15) is 0 Å². The van der Waals surface area contributed by atoms with Crippen LogP contribution in [0, 0.1) is 0 Å². The fourth-order valence-electron chi connectivity index (χ4n) is 0.332. The van der Waals surface area contributed by atoms with Crippen LogP contribution in [0.25, 0.3) is 0 Å². The maximum Gasteiger partial charge on any atom is 0.240 e. The molecular formula is C2H4N4S3. The second-order valence-corrected chi connectivity index (χ2v) is 4.15. The van der Waals surface area contributed by atoms with Gasteiger partial charge in [-0.15, -0.1) is 5.10 Å². The lowest BCUT2D eigenvalue weighted by Gasteiger charge is -1.82. The predicted molar refractivity (Wildman–Crippen MR) is 43.2 cm³/mol. The first-order valence-electron chi connectivity index (χ1n) is 1.99. The lowest BCUT2D eigenvalue weighted by Crippen LogP contribution is -1.84. The zero-order valence-corrected chi connectivity index (χ0v) is 6.76. The normalized spacial score (nSPS) is 9.89. The van der Waals surface area contributed by atoms with E-state index in [4.69, 9.17) is 5.73 Å². The van der Waals surface area contributed by atoms with Gasteiger partial charge in [0.05, 0.1) is 0 Å². The number of nitrogens with one attached hydrogen (secondary N) is 1. The van der Waals surface area contributed by atoms with Crippen LogP contribution in [0.2, 0.25) is 0 Å². The van der Waals surface area contributed by atoms with Crippen LogP contribution < -0.4 is 5.73 Å². The van der Waals surface area contributed by atoms with Gasteiger partial charge in [0.2, 0.25) is 5.95 Å². The number of hydrogen-bond acceptors (Lipinski definition) is 6. The van der Waals surface area contributed by atoms with Gasteiger partial charge in [0, 0.05) is 0 Å². The molecule has 0 saturated carbocycles. The molecule has 1 rings (SSSR count). The SMILES string of the molecule is Nc1n[nH]c(SSS)n1. The van der Waals surface area contributed by atoms with Crippen molar-refractivity contribution >= 4 is 38.2 Å². The third-order valence-electron chi connectivity index (χ3n) is 0.598. The second kappa shape index (κ2) is 3.23. The third kappa shape index (κ3) is 1.99. The average Bonchev–Trinajstić information content (AvgIpc) is 2.17. The highest BCUT2D eigenvalue weighted by Gasteiger charge is 1.96.